The number of ether oxygens (including phenoxy) is 3. The normalized spacial score (nSPS) is 25.9. The summed E-state index contributed by atoms with van der Waals surface area (Å²) in [6.45, 7) is 1.42. The van der Waals surface area contributed by atoms with Crippen LogP contribution in [0.15, 0.2) is 18.2 Å². The number of aliphatic hydroxyl groups excluding tert-OH is 2. The Labute approximate surface area is 144 Å². The van der Waals surface area contributed by atoms with Crippen molar-refractivity contribution in [2.75, 3.05) is 12.4 Å². The number of anilines is 1. The molecule has 1 aliphatic rings. The average Bonchev–Trinajstić information content (AvgIpc) is 2.56. The molecule has 1 heterocycles. The number of carboxylic acids is 1. The van der Waals surface area contributed by atoms with Gasteiger partial charge in [0.1, 0.15) is 18.5 Å². The molecule has 25 heavy (non-hydrogen) atoms. The first-order chi connectivity index (χ1) is 11.8. The van der Waals surface area contributed by atoms with Crippen LogP contribution in [0.1, 0.15) is 18.9 Å². The second kappa shape index (κ2) is 8.15. The van der Waals surface area contributed by atoms with Crippen LogP contribution in [0.25, 0.3) is 0 Å². The van der Waals surface area contributed by atoms with Crippen LogP contribution >= 0.6 is 0 Å². The Morgan fingerprint density at radius 2 is 2.08 bits per heavy atom. The van der Waals surface area contributed by atoms with Gasteiger partial charge < -0.3 is 34.8 Å². The van der Waals surface area contributed by atoms with Crippen LogP contribution in [0.4, 0.5) is 5.69 Å². The van der Waals surface area contributed by atoms with E-state index in [1.54, 1.807) is 25.2 Å². The number of hydrogen-bond donors (Lipinski definition) is 4. The summed E-state index contributed by atoms with van der Waals surface area (Å²) in [5.41, 5.74) is 1.30. The van der Waals surface area contributed by atoms with Gasteiger partial charge in [0, 0.05) is 20.4 Å². The summed E-state index contributed by atoms with van der Waals surface area (Å²) in [6, 6.07) is 5.00. The van der Waals surface area contributed by atoms with Crippen molar-refractivity contribution in [3.8, 4) is 5.75 Å². The number of carbonyl (C=O) groups is 2. The molecule has 0 spiro atoms. The first-order valence-electron chi connectivity index (χ1n) is 7.67. The molecule has 4 N–H and O–H groups in total. The lowest BCUT2D eigenvalue weighted by molar-refractivity contribution is -0.228. The second-order valence-corrected chi connectivity index (χ2v) is 5.60. The largest absolute Gasteiger partial charge is 0.479 e. The van der Waals surface area contributed by atoms with Crippen LogP contribution in [-0.4, -0.2) is 58.9 Å². The molecule has 1 fully saturated rings. The van der Waals surface area contributed by atoms with E-state index in [0.29, 0.717) is 11.4 Å². The zero-order valence-corrected chi connectivity index (χ0v) is 13.8. The van der Waals surface area contributed by atoms with Gasteiger partial charge in [-0.25, -0.2) is 4.79 Å². The molecule has 0 aliphatic carbocycles. The Morgan fingerprint density at radius 1 is 1.36 bits per heavy atom. The van der Waals surface area contributed by atoms with Gasteiger partial charge in [-0.05, 0) is 17.7 Å². The van der Waals surface area contributed by atoms with Crippen molar-refractivity contribution in [3.63, 3.8) is 0 Å². The van der Waals surface area contributed by atoms with Crippen molar-refractivity contribution < 1.29 is 39.1 Å². The summed E-state index contributed by atoms with van der Waals surface area (Å²) in [5.74, 6) is -1.41. The maximum Gasteiger partial charge on any atom is 0.335 e. The van der Waals surface area contributed by atoms with E-state index in [1.165, 1.54) is 6.92 Å². The van der Waals surface area contributed by atoms with E-state index in [-0.39, 0.29) is 13.0 Å². The third-order valence-corrected chi connectivity index (χ3v) is 3.69. The molecule has 1 saturated heterocycles. The predicted molar refractivity (Wildman–Crippen MR) is 85.0 cm³/mol. The molecule has 1 aromatic carbocycles. The molecule has 0 amide bonds. The lowest BCUT2D eigenvalue weighted by atomic mass is 10.0. The molecule has 9 nitrogen and oxygen atoms in total. The SMILES string of the molecule is CNc1cc(COC(C)=O)ccc1OC1CC(O)[C@H](O)C(C(=O)O)O1. The lowest BCUT2D eigenvalue weighted by Gasteiger charge is -2.35. The molecule has 0 bridgehead atoms. The van der Waals surface area contributed by atoms with Crippen molar-refractivity contribution in [1.29, 1.82) is 0 Å². The van der Waals surface area contributed by atoms with Crippen molar-refractivity contribution in [2.45, 2.75) is 44.6 Å². The first kappa shape index (κ1) is 19.0. The van der Waals surface area contributed by atoms with Crippen molar-refractivity contribution in [2.24, 2.45) is 0 Å². The van der Waals surface area contributed by atoms with E-state index in [0.717, 1.165) is 5.56 Å². The average molecular weight is 355 g/mol. The van der Waals surface area contributed by atoms with E-state index in [4.69, 9.17) is 19.3 Å². The van der Waals surface area contributed by atoms with Gasteiger partial charge in [-0.2, -0.15) is 0 Å². The van der Waals surface area contributed by atoms with Crippen LogP contribution in [0.3, 0.4) is 0 Å². The van der Waals surface area contributed by atoms with Crippen LogP contribution in [0.5, 0.6) is 5.75 Å². The van der Waals surface area contributed by atoms with Gasteiger partial charge in [0.2, 0.25) is 6.29 Å². The van der Waals surface area contributed by atoms with Crippen LogP contribution in [0, 0.1) is 0 Å². The number of benzene rings is 1. The Balaban J connectivity index is 2.10. The van der Waals surface area contributed by atoms with Gasteiger partial charge in [0.25, 0.3) is 0 Å². The molecule has 1 aliphatic heterocycles. The molecular formula is C16H21NO8. The third-order valence-electron chi connectivity index (χ3n) is 3.69. The molecule has 138 valence electrons. The second-order valence-electron chi connectivity index (χ2n) is 5.60. The van der Waals surface area contributed by atoms with Crippen LogP contribution < -0.4 is 10.1 Å². The first-order valence-corrected chi connectivity index (χ1v) is 7.67. The monoisotopic (exact) mass is 355 g/mol. The number of esters is 1. The topological polar surface area (TPSA) is 135 Å². The summed E-state index contributed by atoms with van der Waals surface area (Å²) in [5, 5.41) is 31.4. The van der Waals surface area contributed by atoms with Gasteiger partial charge in [-0.3, -0.25) is 4.79 Å². The van der Waals surface area contributed by atoms with Crippen LogP contribution in [-0.2, 0) is 25.7 Å². The number of rotatable bonds is 6. The zero-order valence-electron chi connectivity index (χ0n) is 13.8. The standard InChI is InChI=1S/C16H21NO8/c1-8(18)23-7-9-3-4-12(10(5-9)17-2)24-13-6-11(19)14(20)15(25-13)16(21)22/h3-5,11,13-15,17,19-20H,6-7H2,1-2H3,(H,21,22)/t11?,13?,14-,15?/m0/s1. The number of nitrogens with one attached hydrogen (secondary N) is 1. The highest BCUT2D eigenvalue weighted by Gasteiger charge is 2.42. The van der Waals surface area contributed by atoms with E-state index in [9.17, 15) is 19.8 Å². The molecule has 0 saturated carbocycles. The highest BCUT2D eigenvalue weighted by Crippen LogP contribution is 2.30. The Bertz CT molecular complexity index is 635. The Kier molecular flexibility index (Phi) is 6.18. The summed E-state index contributed by atoms with van der Waals surface area (Å²) < 4.78 is 15.8. The molecule has 9 heteroatoms. The summed E-state index contributed by atoms with van der Waals surface area (Å²) in [6.07, 6.45) is -5.49. The van der Waals surface area contributed by atoms with Gasteiger partial charge in [-0.1, -0.05) is 6.07 Å². The fourth-order valence-electron chi connectivity index (χ4n) is 2.41. The molecule has 0 radical (unpaired) electrons. The maximum absolute atomic E-state index is 11.1. The number of hydrogen-bond acceptors (Lipinski definition) is 8. The lowest BCUT2D eigenvalue weighted by Crippen LogP contribution is -2.53. The molecule has 4 atom stereocenters. The Hall–Kier alpha value is -2.36. The summed E-state index contributed by atoms with van der Waals surface area (Å²) in [4.78, 5) is 22.0. The summed E-state index contributed by atoms with van der Waals surface area (Å²) in [7, 11) is 1.66. The molecular weight excluding hydrogens is 334 g/mol. The maximum atomic E-state index is 11.1. The van der Waals surface area contributed by atoms with Gasteiger partial charge >= 0.3 is 11.9 Å². The highest BCUT2D eigenvalue weighted by atomic mass is 16.7. The van der Waals surface area contributed by atoms with E-state index >= 15 is 0 Å². The fourth-order valence-corrected chi connectivity index (χ4v) is 2.41. The number of carbonyl (C=O) groups excluding carboxylic acids is 1. The number of aliphatic carboxylic acids is 1. The quantitative estimate of drug-likeness (QED) is 0.524. The smallest absolute Gasteiger partial charge is 0.335 e. The summed E-state index contributed by atoms with van der Waals surface area (Å²) >= 11 is 0. The fraction of sp³-hybridized carbons (Fsp3) is 0.500. The van der Waals surface area contributed by atoms with Crippen LogP contribution in [0.2, 0.25) is 0 Å². The van der Waals surface area contributed by atoms with Crippen molar-refractivity contribution in [1.82, 2.24) is 0 Å². The minimum Gasteiger partial charge on any atom is -0.479 e. The minimum absolute atomic E-state index is 0.0801. The molecule has 2 rings (SSSR count). The van der Waals surface area contributed by atoms with Gasteiger partial charge in [0.05, 0.1) is 11.8 Å². The number of carboxylic acid groups (broad SMARTS) is 1. The minimum atomic E-state index is -1.57. The highest BCUT2D eigenvalue weighted by molar-refractivity contribution is 5.73. The van der Waals surface area contributed by atoms with Crippen molar-refractivity contribution >= 4 is 17.6 Å². The van der Waals surface area contributed by atoms with E-state index in [2.05, 4.69) is 5.32 Å². The van der Waals surface area contributed by atoms with E-state index < -0.39 is 36.5 Å². The van der Waals surface area contributed by atoms with Gasteiger partial charge in [0.15, 0.2) is 6.10 Å². The van der Waals surface area contributed by atoms with E-state index in [1.807, 2.05) is 0 Å². The zero-order chi connectivity index (χ0) is 18.6. The number of aliphatic hydroxyl groups is 2. The molecule has 0 aromatic heterocycles. The Morgan fingerprint density at radius 3 is 2.68 bits per heavy atom. The third kappa shape index (κ3) is 4.81. The predicted octanol–water partition coefficient (Wildman–Crippen LogP) is 0.0916. The molecule has 1 aromatic rings. The van der Waals surface area contributed by atoms with Crippen molar-refractivity contribution in [3.05, 3.63) is 23.8 Å². The van der Waals surface area contributed by atoms with Gasteiger partial charge in [-0.15, -0.1) is 0 Å². The molecule has 3 unspecified atom stereocenters.